The summed E-state index contributed by atoms with van der Waals surface area (Å²) < 4.78 is 4.83. The molecule has 0 saturated heterocycles. The summed E-state index contributed by atoms with van der Waals surface area (Å²) in [6.45, 7) is 2.09. The second kappa shape index (κ2) is 5.25. The van der Waals surface area contributed by atoms with Crippen molar-refractivity contribution in [2.45, 2.75) is 32.6 Å². The number of nitrogens with zero attached hydrogens (tertiary/aromatic N) is 3. The molecule has 1 saturated carbocycles. The van der Waals surface area contributed by atoms with Gasteiger partial charge in [0.05, 0.1) is 0 Å². The zero-order valence-corrected chi connectivity index (χ0v) is 10.7. The number of oxime groups is 1. The van der Waals surface area contributed by atoms with Gasteiger partial charge in [-0.15, -0.1) is 0 Å². The molecule has 0 aromatic carbocycles. The number of aromatic nitrogens is 2. The molecule has 8 heteroatoms. The van der Waals surface area contributed by atoms with E-state index in [0.717, 1.165) is 6.42 Å². The van der Waals surface area contributed by atoms with Gasteiger partial charge < -0.3 is 20.8 Å². The molecule has 4 N–H and O–H groups in total. The molecule has 1 fully saturated rings. The summed E-state index contributed by atoms with van der Waals surface area (Å²) in [5, 5.41) is 18.2. The van der Waals surface area contributed by atoms with Crippen LogP contribution in [0.25, 0.3) is 0 Å². The van der Waals surface area contributed by atoms with Crippen LogP contribution in [0.4, 0.5) is 0 Å². The van der Waals surface area contributed by atoms with E-state index >= 15 is 0 Å². The van der Waals surface area contributed by atoms with E-state index in [1.54, 1.807) is 6.92 Å². The monoisotopic (exact) mass is 267 g/mol. The van der Waals surface area contributed by atoms with Crippen molar-refractivity contribution in [3.05, 3.63) is 11.7 Å². The van der Waals surface area contributed by atoms with Crippen LogP contribution in [0.15, 0.2) is 9.68 Å². The highest BCUT2D eigenvalue weighted by molar-refractivity contribution is 6.07. The number of carbonyl (C=O) groups excluding carboxylic acids is 1. The molecule has 1 heterocycles. The smallest absolute Gasteiger partial charge is 0.233 e. The third-order valence-corrected chi connectivity index (χ3v) is 3.44. The van der Waals surface area contributed by atoms with Crippen molar-refractivity contribution in [2.75, 3.05) is 6.54 Å². The van der Waals surface area contributed by atoms with Gasteiger partial charge in [0.2, 0.25) is 11.8 Å². The number of hydrogen-bond donors (Lipinski definition) is 3. The lowest BCUT2D eigenvalue weighted by Gasteiger charge is -2.38. The van der Waals surface area contributed by atoms with E-state index < -0.39 is 5.41 Å². The fraction of sp³-hybridized carbons (Fsp3) is 0.636. The molecule has 1 amide bonds. The van der Waals surface area contributed by atoms with Crippen molar-refractivity contribution in [3.63, 3.8) is 0 Å². The van der Waals surface area contributed by atoms with Crippen LogP contribution in [0.1, 0.15) is 31.0 Å². The largest absolute Gasteiger partial charge is 0.409 e. The summed E-state index contributed by atoms with van der Waals surface area (Å²) in [6, 6.07) is 0. The van der Waals surface area contributed by atoms with Gasteiger partial charge in [-0.3, -0.25) is 4.79 Å². The molecule has 19 heavy (non-hydrogen) atoms. The third kappa shape index (κ3) is 2.51. The lowest BCUT2D eigenvalue weighted by molar-refractivity contribution is -0.131. The number of rotatable bonds is 5. The first kappa shape index (κ1) is 13.3. The zero-order chi connectivity index (χ0) is 13.9. The van der Waals surface area contributed by atoms with E-state index in [1.165, 1.54) is 0 Å². The molecule has 104 valence electrons. The van der Waals surface area contributed by atoms with Crippen molar-refractivity contribution in [1.82, 2.24) is 15.5 Å². The van der Waals surface area contributed by atoms with Crippen LogP contribution in [-0.4, -0.2) is 33.6 Å². The zero-order valence-electron chi connectivity index (χ0n) is 10.7. The van der Waals surface area contributed by atoms with Crippen LogP contribution in [0.3, 0.4) is 0 Å². The molecule has 1 aromatic heterocycles. The molecule has 0 radical (unpaired) electrons. The van der Waals surface area contributed by atoms with E-state index in [4.69, 9.17) is 15.5 Å². The van der Waals surface area contributed by atoms with Gasteiger partial charge in [0.25, 0.3) is 0 Å². The number of carbonyl (C=O) groups is 1. The normalized spacial score (nSPS) is 17.8. The topological polar surface area (TPSA) is 127 Å². The van der Waals surface area contributed by atoms with Gasteiger partial charge in [0.15, 0.2) is 11.7 Å². The molecule has 0 atom stereocenters. The van der Waals surface area contributed by atoms with Gasteiger partial charge in [-0.25, -0.2) is 0 Å². The molecule has 1 aromatic rings. The minimum atomic E-state index is -0.845. The Hall–Kier alpha value is -2.12. The van der Waals surface area contributed by atoms with Crippen LogP contribution in [0, 0.1) is 12.3 Å². The molecule has 2 rings (SSSR count). The average molecular weight is 267 g/mol. The van der Waals surface area contributed by atoms with Crippen LogP contribution in [0.5, 0.6) is 0 Å². The van der Waals surface area contributed by atoms with E-state index in [0.29, 0.717) is 37.5 Å². The molecule has 8 nitrogen and oxygen atoms in total. The summed E-state index contributed by atoms with van der Waals surface area (Å²) >= 11 is 0. The summed E-state index contributed by atoms with van der Waals surface area (Å²) in [4.78, 5) is 16.1. The van der Waals surface area contributed by atoms with Gasteiger partial charge in [-0.2, -0.15) is 4.98 Å². The van der Waals surface area contributed by atoms with Gasteiger partial charge in [-0.05, 0) is 12.8 Å². The maximum atomic E-state index is 12.1. The quantitative estimate of drug-likeness (QED) is 0.297. The number of amidine groups is 1. The highest BCUT2D eigenvalue weighted by atomic mass is 16.5. The summed E-state index contributed by atoms with van der Waals surface area (Å²) in [5.74, 6) is 0.804. The van der Waals surface area contributed by atoms with Crippen LogP contribution >= 0.6 is 0 Å². The van der Waals surface area contributed by atoms with Crippen LogP contribution in [0.2, 0.25) is 0 Å². The van der Waals surface area contributed by atoms with Crippen molar-refractivity contribution in [3.8, 4) is 0 Å². The molecule has 0 bridgehead atoms. The van der Waals surface area contributed by atoms with E-state index in [-0.39, 0.29) is 11.7 Å². The second-order valence-corrected chi connectivity index (χ2v) is 4.66. The SMILES string of the molecule is Cc1nc(CCNC(=O)C2(C(N)=NO)CCC2)no1. The molecular weight excluding hydrogens is 250 g/mol. The summed E-state index contributed by atoms with van der Waals surface area (Å²) in [6.07, 6.45) is 2.59. The molecular formula is C11H17N5O3. The Labute approximate surface area is 110 Å². The van der Waals surface area contributed by atoms with Crippen LogP contribution < -0.4 is 11.1 Å². The molecule has 1 aliphatic rings. The van der Waals surface area contributed by atoms with Gasteiger partial charge in [-0.1, -0.05) is 16.7 Å². The minimum absolute atomic E-state index is 0.0216. The predicted molar refractivity (Wildman–Crippen MR) is 65.4 cm³/mol. The first-order valence-corrected chi connectivity index (χ1v) is 6.14. The number of hydrogen-bond acceptors (Lipinski definition) is 6. The number of nitrogens with two attached hydrogens (primary N) is 1. The first-order valence-electron chi connectivity index (χ1n) is 6.14. The maximum Gasteiger partial charge on any atom is 0.233 e. The number of aryl methyl sites for hydroxylation is 1. The Kier molecular flexibility index (Phi) is 3.68. The summed E-state index contributed by atoms with van der Waals surface area (Å²) in [5.41, 5.74) is 4.75. The molecule has 0 spiro atoms. The molecule has 1 aliphatic carbocycles. The third-order valence-electron chi connectivity index (χ3n) is 3.44. The lowest BCUT2D eigenvalue weighted by atomic mass is 9.67. The predicted octanol–water partition coefficient (Wildman–Crippen LogP) is -0.0466. The maximum absolute atomic E-state index is 12.1. The first-order chi connectivity index (χ1) is 9.08. The van der Waals surface area contributed by atoms with Crippen molar-refractivity contribution in [2.24, 2.45) is 16.3 Å². The van der Waals surface area contributed by atoms with Crippen molar-refractivity contribution < 1.29 is 14.5 Å². The van der Waals surface area contributed by atoms with Crippen molar-refractivity contribution >= 4 is 11.7 Å². The average Bonchev–Trinajstić information content (AvgIpc) is 2.73. The highest BCUT2D eigenvalue weighted by Crippen LogP contribution is 2.41. The minimum Gasteiger partial charge on any atom is -0.409 e. The lowest BCUT2D eigenvalue weighted by Crippen LogP contribution is -2.54. The Balaban J connectivity index is 1.87. The molecule has 0 aliphatic heterocycles. The highest BCUT2D eigenvalue weighted by Gasteiger charge is 2.48. The Morgan fingerprint density at radius 1 is 1.63 bits per heavy atom. The Morgan fingerprint density at radius 3 is 2.84 bits per heavy atom. The fourth-order valence-corrected chi connectivity index (χ4v) is 2.13. The summed E-state index contributed by atoms with van der Waals surface area (Å²) in [7, 11) is 0. The number of nitrogens with one attached hydrogen (secondary N) is 1. The Morgan fingerprint density at radius 2 is 2.37 bits per heavy atom. The second-order valence-electron chi connectivity index (χ2n) is 4.66. The van der Waals surface area contributed by atoms with Gasteiger partial charge in [0.1, 0.15) is 5.41 Å². The number of amides is 1. The molecule has 0 unspecified atom stereocenters. The van der Waals surface area contributed by atoms with Crippen molar-refractivity contribution in [1.29, 1.82) is 0 Å². The van der Waals surface area contributed by atoms with Crippen LogP contribution in [-0.2, 0) is 11.2 Å². The standard InChI is InChI=1S/C11H17N5O3/c1-7-14-8(16-19-7)3-6-13-10(17)11(4-2-5-11)9(12)15-18/h18H,2-6H2,1H3,(H2,12,15)(H,13,17). The van der Waals surface area contributed by atoms with Gasteiger partial charge >= 0.3 is 0 Å². The van der Waals surface area contributed by atoms with E-state index in [1.807, 2.05) is 0 Å². The Bertz CT molecular complexity index is 492. The van der Waals surface area contributed by atoms with E-state index in [2.05, 4.69) is 20.6 Å². The van der Waals surface area contributed by atoms with E-state index in [9.17, 15) is 4.79 Å². The van der Waals surface area contributed by atoms with Gasteiger partial charge in [0, 0.05) is 19.9 Å². The fourth-order valence-electron chi connectivity index (χ4n) is 2.13.